The molecule has 0 saturated heterocycles. The fourth-order valence-corrected chi connectivity index (χ4v) is 8.93. The molecular weight excluding hydrogens is 692 g/mol. The highest BCUT2D eigenvalue weighted by Crippen LogP contribution is 2.40. The van der Waals surface area contributed by atoms with Crippen LogP contribution in [0.1, 0.15) is 122 Å². The number of sulfone groups is 1. The lowest BCUT2D eigenvalue weighted by Gasteiger charge is -2.31. The Morgan fingerprint density at radius 1 is 0.827 bits per heavy atom. The van der Waals surface area contributed by atoms with Gasteiger partial charge in [0.25, 0.3) is 5.91 Å². The summed E-state index contributed by atoms with van der Waals surface area (Å²) in [5.41, 5.74) is 1.36. The molecule has 2 unspecified atom stereocenters. The quantitative estimate of drug-likeness (QED) is 0.0869. The first-order chi connectivity index (χ1) is 25.1. The maximum absolute atomic E-state index is 13.7. The van der Waals surface area contributed by atoms with E-state index in [0.29, 0.717) is 12.0 Å². The van der Waals surface area contributed by atoms with E-state index in [4.69, 9.17) is 11.6 Å². The highest BCUT2D eigenvalue weighted by molar-refractivity contribution is 7.92. The van der Waals surface area contributed by atoms with Crippen LogP contribution in [0.5, 0.6) is 5.75 Å². The highest BCUT2D eigenvalue weighted by Gasteiger charge is 2.34. The van der Waals surface area contributed by atoms with Crippen molar-refractivity contribution in [1.82, 2.24) is 0 Å². The molecule has 52 heavy (non-hydrogen) atoms. The fourth-order valence-electron chi connectivity index (χ4n) is 7.03. The van der Waals surface area contributed by atoms with Crippen molar-refractivity contribution >= 4 is 44.6 Å². The largest absolute Gasteiger partial charge is 0.506 e. The number of carbonyl (C=O) groups is 2. The van der Waals surface area contributed by atoms with E-state index in [1.807, 2.05) is 24.3 Å². The van der Waals surface area contributed by atoms with Gasteiger partial charge >= 0.3 is 0 Å². The van der Waals surface area contributed by atoms with Crippen LogP contribution >= 0.6 is 11.6 Å². The summed E-state index contributed by atoms with van der Waals surface area (Å²) < 4.78 is 27.4. The SMILES string of the molecule is CCCCCCCCCCCCCCCc1cccc(S(=O)(=O)C(CC)C(=O)Nc2cc(O)c(NC(=O)C3=CC=CC4(C=CC=CC4)C3)cc2Cl)c1. The van der Waals surface area contributed by atoms with Gasteiger partial charge in [0.15, 0.2) is 9.84 Å². The summed E-state index contributed by atoms with van der Waals surface area (Å²) in [5.74, 6) is -1.43. The summed E-state index contributed by atoms with van der Waals surface area (Å²) in [6, 6.07) is 9.46. The first-order valence-electron chi connectivity index (χ1n) is 19.3. The van der Waals surface area contributed by atoms with Crippen molar-refractivity contribution in [2.24, 2.45) is 5.41 Å². The standard InChI is InChI=1S/C43H57ClN2O5S/c1-3-5-6-7-8-9-10-11-12-13-14-15-17-22-33-23-20-25-35(29-33)52(50,51)40(4-2)42(49)45-37-31-39(47)38(30-36(37)44)46-41(48)34-24-21-28-43(32-34)26-18-16-19-27-43/h16,18-21,23-26,28-31,40,47H,3-15,17,22,27,32H2,1-2H3,(H,45,49)(H,46,48). The topological polar surface area (TPSA) is 113 Å². The lowest BCUT2D eigenvalue weighted by molar-refractivity contribution is -0.116. The van der Waals surface area contributed by atoms with E-state index in [0.717, 1.165) is 31.2 Å². The van der Waals surface area contributed by atoms with Gasteiger partial charge in [0.1, 0.15) is 11.0 Å². The number of halogens is 1. The first-order valence-corrected chi connectivity index (χ1v) is 21.2. The molecule has 4 rings (SSSR count). The average molecular weight is 749 g/mol. The second kappa shape index (κ2) is 20.6. The number of aryl methyl sites for hydroxylation is 1. The number of carbonyl (C=O) groups excluding carboxylic acids is 2. The summed E-state index contributed by atoms with van der Waals surface area (Å²) in [6.07, 6.45) is 32.5. The second-order valence-electron chi connectivity index (χ2n) is 14.3. The van der Waals surface area contributed by atoms with Gasteiger partial charge in [-0.05, 0) is 55.9 Å². The number of hydrogen-bond donors (Lipinski definition) is 3. The third-order valence-corrected chi connectivity index (χ3v) is 12.7. The Balaban J connectivity index is 1.27. The van der Waals surface area contributed by atoms with Crippen LogP contribution in [0.25, 0.3) is 0 Å². The minimum atomic E-state index is -4.02. The van der Waals surface area contributed by atoms with E-state index in [1.165, 1.54) is 88.8 Å². The van der Waals surface area contributed by atoms with Gasteiger partial charge < -0.3 is 15.7 Å². The predicted octanol–water partition coefficient (Wildman–Crippen LogP) is 11.2. The molecular formula is C43H57ClN2O5S. The number of hydrogen-bond acceptors (Lipinski definition) is 5. The smallest absolute Gasteiger partial charge is 0.251 e. The molecule has 3 N–H and O–H groups in total. The number of benzene rings is 2. The Bertz CT molecular complexity index is 1750. The van der Waals surface area contributed by atoms with Gasteiger partial charge in [-0.15, -0.1) is 0 Å². The molecule has 0 heterocycles. The number of nitrogens with one attached hydrogen (secondary N) is 2. The zero-order chi connectivity index (χ0) is 37.4. The number of allylic oxidation sites excluding steroid dienone is 7. The number of aromatic hydroxyl groups is 1. The fraction of sp³-hybridized carbons (Fsp3) is 0.488. The number of anilines is 2. The summed E-state index contributed by atoms with van der Waals surface area (Å²) in [4.78, 5) is 26.7. The molecule has 7 nitrogen and oxygen atoms in total. The van der Waals surface area contributed by atoms with Gasteiger partial charge in [-0.25, -0.2) is 8.42 Å². The lowest BCUT2D eigenvalue weighted by Crippen LogP contribution is -2.34. The molecule has 9 heteroatoms. The Morgan fingerprint density at radius 3 is 2.12 bits per heavy atom. The predicted molar refractivity (Wildman–Crippen MR) is 215 cm³/mol. The highest BCUT2D eigenvalue weighted by atomic mass is 35.5. The minimum absolute atomic E-state index is 0.0443. The summed E-state index contributed by atoms with van der Waals surface area (Å²) in [7, 11) is -4.02. The zero-order valence-electron chi connectivity index (χ0n) is 31.0. The molecule has 0 radical (unpaired) electrons. The molecule has 2 amide bonds. The summed E-state index contributed by atoms with van der Waals surface area (Å²) in [5, 5.41) is 14.8. The number of unbranched alkanes of at least 4 members (excludes halogenated alkanes) is 12. The van der Waals surface area contributed by atoms with E-state index in [9.17, 15) is 23.1 Å². The van der Waals surface area contributed by atoms with Crippen molar-refractivity contribution < 1.29 is 23.1 Å². The van der Waals surface area contributed by atoms with E-state index >= 15 is 0 Å². The van der Waals surface area contributed by atoms with Crippen molar-refractivity contribution in [3.8, 4) is 5.75 Å². The van der Waals surface area contributed by atoms with E-state index in [2.05, 4.69) is 35.8 Å². The van der Waals surface area contributed by atoms with Crippen LogP contribution in [0.15, 0.2) is 89.4 Å². The molecule has 2 aromatic carbocycles. The minimum Gasteiger partial charge on any atom is -0.506 e. The Kier molecular flexibility index (Phi) is 16.3. The molecule has 1 spiro atoms. The Morgan fingerprint density at radius 2 is 1.48 bits per heavy atom. The molecule has 0 aromatic heterocycles. The normalized spacial score (nSPS) is 17.2. The molecule has 2 aromatic rings. The van der Waals surface area contributed by atoms with Gasteiger partial charge in [-0.2, -0.15) is 0 Å². The monoisotopic (exact) mass is 748 g/mol. The van der Waals surface area contributed by atoms with Crippen LogP contribution in [0, 0.1) is 5.41 Å². The Hall–Kier alpha value is -3.62. The van der Waals surface area contributed by atoms with Crippen LogP contribution < -0.4 is 10.6 Å². The second-order valence-corrected chi connectivity index (χ2v) is 16.9. The maximum atomic E-state index is 13.7. The third kappa shape index (κ3) is 12.0. The van der Waals surface area contributed by atoms with Crippen molar-refractivity contribution in [2.45, 2.75) is 133 Å². The van der Waals surface area contributed by atoms with Crippen molar-refractivity contribution in [3.05, 3.63) is 95.1 Å². The van der Waals surface area contributed by atoms with Gasteiger partial charge in [0, 0.05) is 17.1 Å². The molecule has 2 aliphatic carbocycles. The van der Waals surface area contributed by atoms with Gasteiger partial charge in [0.2, 0.25) is 5.91 Å². The van der Waals surface area contributed by atoms with Crippen LogP contribution in [-0.2, 0) is 25.8 Å². The number of phenols is 1. The molecule has 2 aliphatic rings. The van der Waals surface area contributed by atoms with Crippen LogP contribution in [-0.4, -0.2) is 30.6 Å². The molecule has 282 valence electrons. The Labute approximate surface area is 316 Å². The number of rotatable bonds is 21. The van der Waals surface area contributed by atoms with E-state index in [1.54, 1.807) is 25.1 Å². The third-order valence-electron chi connectivity index (χ3n) is 10.1. The van der Waals surface area contributed by atoms with Crippen molar-refractivity contribution in [3.63, 3.8) is 0 Å². The molecule has 0 saturated carbocycles. The first kappa shape index (κ1) is 41.1. The summed E-state index contributed by atoms with van der Waals surface area (Å²) in [6.45, 7) is 3.90. The van der Waals surface area contributed by atoms with Crippen LogP contribution in [0.4, 0.5) is 11.4 Å². The zero-order valence-corrected chi connectivity index (χ0v) is 32.5. The number of phenolic OH excluding ortho intramolecular Hbond substituents is 1. The summed E-state index contributed by atoms with van der Waals surface area (Å²) >= 11 is 6.49. The molecule has 0 aliphatic heterocycles. The van der Waals surface area contributed by atoms with E-state index < -0.39 is 21.0 Å². The molecule has 0 fully saturated rings. The van der Waals surface area contributed by atoms with Gasteiger partial charge in [0.05, 0.1) is 21.3 Å². The maximum Gasteiger partial charge on any atom is 0.251 e. The average Bonchev–Trinajstić information content (AvgIpc) is 3.13. The molecule has 0 bridgehead atoms. The van der Waals surface area contributed by atoms with Crippen molar-refractivity contribution in [1.29, 1.82) is 0 Å². The van der Waals surface area contributed by atoms with Gasteiger partial charge in [-0.3, -0.25) is 9.59 Å². The van der Waals surface area contributed by atoms with E-state index in [-0.39, 0.29) is 44.8 Å². The van der Waals surface area contributed by atoms with Gasteiger partial charge in [-0.1, -0.05) is 157 Å². The molecule has 2 atom stereocenters. The number of amides is 2. The lowest BCUT2D eigenvalue weighted by atomic mass is 9.74. The van der Waals surface area contributed by atoms with Crippen LogP contribution in [0.3, 0.4) is 0 Å². The van der Waals surface area contributed by atoms with Crippen LogP contribution in [0.2, 0.25) is 5.02 Å². The van der Waals surface area contributed by atoms with Crippen molar-refractivity contribution in [2.75, 3.05) is 10.6 Å².